The van der Waals surface area contributed by atoms with Gasteiger partial charge in [-0.05, 0) is 54.8 Å². The molecule has 1 N–H and O–H groups in total. The Labute approximate surface area is 191 Å². The fourth-order valence-corrected chi connectivity index (χ4v) is 3.97. The highest BCUT2D eigenvalue weighted by Crippen LogP contribution is 2.39. The molecule has 2 atom stereocenters. The summed E-state index contributed by atoms with van der Waals surface area (Å²) < 4.78 is 17.9. The van der Waals surface area contributed by atoms with Gasteiger partial charge in [0.2, 0.25) is 0 Å². The molecule has 2 unspecified atom stereocenters. The average Bonchev–Trinajstić information content (AvgIpc) is 2.82. The summed E-state index contributed by atoms with van der Waals surface area (Å²) in [6, 6.07) is 13.9. The van der Waals surface area contributed by atoms with Crippen molar-refractivity contribution in [2.45, 2.75) is 38.6 Å². The van der Waals surface area contributed by atoms with E-state index in [9.17, 15) is 5.11 Å². The first-order valence-corrected chi connectivity index (χ1v) is 10.8. The van der Waals surface area contributed by atoms with Gasteiger partial charge in [-0.15, -0.1) is 0 Å². The van der Waals surface area contributed by atoms with Crippen LogP contribution in [-0.4, -0.2) is 31.0 Å². The minimum Gasteiger partial charge on any atom is -0.504 e. The summed E-state index contributed by atoms with van der Waals surface area (Å²) in [5.74, 6) is 0.558. The zero-order chi connectivity index (χ0) is 23.0. The normalized spacial score (nSPS) is 20.8. The Balaban J connectivity index is 2.03. The van der Waals surface area contributed by atoms with E-state index in [-0.39, 0.29) is 11.9 Å². The highest BCUT2D eigenvalue weighted by molar-refractivity contribution is 5.59. The maximum absolute atomic E-state index is 10.9. The van der Waals surface area contributed by atoms with Gasteiger partial charge in [-0.1, -0.05) is 60.7 Å². The quantitative estimate of drug-likeness (QED) is 0.526. The van der Waals surface area contributed by atoms with Crippen molar-refractivity contribution in [2.24, 2.45) is 0 Å². The molecule has 4 nitrogen and oxygen atoms in total. The van der Waals surface area contributed by atoms with Crippen LogP contribution in [0.15, 0.2) is 84.5 Å². The molecule has 2 aromatic rings. The average molecular weight is 433 g/mol. The van der Waals surface area contributed by atoms with E-state index in [4.69, 9.17) is 14.2 Å². The molecule has 32 heavy (non-hydrogen) atoms. The second-order valence-electron chi connectivity index (χ2n) is 7.79. The zero-order valence-corrected chi connectivity index (χ0v) is 19.2. The largest absolute Gasteiger partial charge is 0.504 e. The molecule has 0 heterocycles. The van der Waals surface area contributed by atoms with Crippen molar-refractivity contribution in [3.05, 3.63) is 101 Å². The molecule has 0 saturated carbocycles. The fourth-order valence-electron chi connectivity index (χ4n) is 3.97. The molecule has 1 aliphatic carbocycles. The lowest BCUT2D eigenvalue weighted by atomic mass is 9.82. The van der Waals surface area contributed by atoms with E-state index < -0.39 is 5.60 Å². The van der Waals surface area contributed by atoms with E-state index in [1.807, 2.05) is 92.8 Å². The van der Waals surface area contributed by atoms with Crippen molar-refractivity contribution in [2.75, 3.05) is 14.2 Å². The molecule has 0 spiro atoms. The number of hydrogen-bond acceptors (Lipinski definition) is 4. The van der Waals surface area contributed by atoms with Gasteiger partial charge in [0.1, 0.15) is 11.7 Å². The predicted molar refractivity (Wildman–Crippen MR) is 130 cm³/mol. The Kier molecular flexibility index (Phi) is 8.09. The van der Waals surface area contributed by atoms with Gasteiger partial charge in [0.25, 0.3) is 0 Å². The van der Waals surface area contributed by atoms with Crippen molar-refractivity contribution in [3.8, 4) is 11.5 Å². The van der Waals surface area contributed by atoms with Gasteiger partial charge in [0, 0.05) is 19.1 Å². The first-order valence-electron chi connectivity index (χ1n) is 10.8. The molecular formula is C28H32O4. The first-order chi connectivity index (χ1) is 15.5. The third-order valence-corrected chi connectivity index (χ3v) is 5.57. The monoisotopic (exact) mass is 432 g/mol. The standard InChI is InChI=1S/C28H32O4/c1-5-10-21-14-15-28(26(18-21)31-4,32-20-22-12-8-7-9-13-22)19-24-16-23(11-6-2)17-25(30-3)27(24)29/h5-18,26,29H,19-20H2,1-4H3. The molecule has 168 valence electrons. The second-order valence-corrected chi connectivity index (χ2v) is 7.79. The summed E-state index contributed by atoms with van der Waals surface area (Å²) in [7, 11) is 3.25. The smallest absolute Gasteiger partial charge is 0.161 e. The minimum atomic E-state index is -0.799. The Morgan fingerprint density at radius 2 is 1.78 bits per heavy atom. The number of hydrogen-bond donors (Lipinski definition) is 1. The lowest BCUT2D eigenvalue weighted by molar-refractivity contribution is -0.0971. The van der Waals surface area contributed by atoms with Crippen LogP contribution in [0.1, 0.15) is 30.5 Å². The highest BCUT2D eigenvalue weighted by atomic mass is 16.5. The van der Waals surface area contributed by atoms with E-state index >= 15 is 0 Å². The van der Waals surface area contributed by atoms with Gasteiger partial charge in [0.15, 0.2) is 11.5 Å². The van der Waals surface area contributed by atoms with Crippen LogP contribution in [0.25, 0.3) is 6.08 Å². The minimum absolute atomic E-state index is 0.120. The number of rotatable bonds is 9. The van der Waals surface area contributed by atoms with Crippen LogP contribution in [0.4, 0.5) is 0 Å². The van der Waals surface area contributed by atoms with E-state index in [0.717, 1.165) is 22.3 Å². The summed E-state index contributed by atoms with van der Waals surface area (Å²) in [5.41, 5.74) is 3.02. The molecule has 1 aliphatic rings. The molecule has 4 heteroatoms. The molecule has 0 fully saturated rings. The SMILES string of the molecule is CC=CC1=CC(OC)C(Cc2cc(C=CC)cc(OC)c2O)(OCc2ccccc2)C=C1. The topological polar surface area (TPSA) is 47.9 Å². The summed E-state index contributed by atoms with van der Waals surface area (Å²) in [5, 5.41) is 10.9. The van der Waals surface area contributed by atoms with Crippen LogP contribution in [0, 0.1) is 0 Å². The van der Waals surface area contributed by atoms with Crippen LogP contribution < -0.4 is 4.74 Å². The molecule has 0 aliphatic heterocycles. The number of phenols is 1. The van der Waals surface area contributed by atoms with Crippen molar-refractivity contribution < 1.29 is 19.3 Å². The Morgan fingerprint density at radius 1 is 1.03 bits per heavy atom. The van der Waals surface area contributed by atoms with Crippen LogP contribution in [0.2, 0.25) is 0 Å². The Bertz CT molecular complexity index is 1020. The van der Waals surface area contributed by atoms with Crippen molar-refractivity contribution in [3.63, 3.8) is 0 Å². The number of phenolic OH excluding ortho intramolecular Hbond substituents is 1. The van der Waals surface area contributed by atoms with Gasteiger partial charge in [-0.3, -0.25) is 0 Å². The molecule has 0 aromatic heterocycles. The maximum atomic E-state index is 10.9. The van der Waals surface area contributed by atoms with Gasteiger partial charge < -0.3 is 19.3 Å². The Hall–Kier alpha value is -3.08. The van der Waals surface area contributed by atoms with Gasteiger partial charge in [-0.2, -0.15) is 0 Å². The summed E-state index contributed by atoms with van der Waals surface area (Å²) in [4.78, 5) is 0. The van der Waals surface area contributed by atoms with Crippen LogP contribution in [0.5, 0.6) is 11.5 Å². The molecule has 0 radical (unpaired) electrons. The summed E-state index contributed by atoms with van der Waals surface area (Å²) in [6.07, 6.45) is 14.2. The highest BCUT2D eigenvalue weighted by Gasteiger charge is 2.40. The zero-order valence-electron chi connectivity index (χ0n) is 19.2. The number of benzene rings is 2. The van der Waals surface area contributed by atoms with E-state index in [1.54, 1.807) is 14.2 Å². The van der Waals surface area contributed by atoms with Gasteiger partial charge in [0.05, 0.1) is 13.7 Å². The molecule has 3 rings (SSSR count). The van der Waals surface area contributed by atoms with Gasteiger partial charge in [-0.25, -0.2) is 0 Å². The molecule has 0 amide bonds. The van der Waals surface area contributed by atoms with Crippen LogP contribution >= 0.6 is 0 Å². The third-order valence-electron chi connectivity index (χ3n) is 5.57. The predicted octanol–water partition coefficient (Wildman–Crippen LogP) is 6.02. The first kappa shape index (κ1) is 23.6. The second kappa shape index (κ2) is 11.0. The maximum Gasteiger partial charge on any atom is 0.161 e. The fraction of sp³-hybridized carbons (Fsp3) is 0.286. The molecule has 0 saturated heterocycles. The number of ether oxygens (including phenoxy) is 3. The van der Waals surface area contributed by atoms with E-state index in [2.05, 4.69) is 6.08 Å². The number of methoxy groups -OCH3 is 2. The van der Waals surface area contributed by atoms with Gasteiger partial charge >= 0.3 is 0 Å². The lowest BCUT2D eigenvalue weighted by Gasteiger charge is -2.39. The van der Waals surface area contributed by atoms with Crippen molar-refractivity contribution in [1.82, 2.24) is 0 Å². The summed E-state index contributed by atoms with van der Waals surface area (Å²) >= 11 is 0. The van der Waals surface area contributed by atoms with Crippen molar-refractivity contribution >= 4 is 6.08 Å². The molecule has 2 aromatic carbocycles. The lowest BCUT2D eigenvalue weighted by Crippen LogP contribution is -2.46. The van der Waals surface area contributed by atoms with Crippen LogP contribution in [0.3, 0.4) is 0 Å². The number of aromatic hydroxyl groups is 1. The van der Waals surface area contributed by atoms with E-state index in [1.165, 1.54) is 0 Å². The molecule has 0 bridgehead atoms. The van der Waals surface area contributed by atoms with E-state index in [0.29, 0.717) is 18.8 Å². The summed E-state index contributed by atoms with van der Waals surface area (Å²) in [6.45, 7) is 4.37. The third kappa shape index (κ3) is 5.39. The number of allylic oxidation sites excluding steroid dienone is 5. The Morgan fingerprint density at radius 3 is 2.44 bits per heavy atom. The van der Waals surface area contributed by atoms with Crippen molar-refractivity contribution in [1.29, 1.82) is 0 Å². The molecular weight excluding hydrogens is 400 g/mol. The van der Waals surface area contributed by atoms with Crippen LogP contribution in [-0.2, 0) is 22.5 Å².